The molecule has 0 aromatic carbocycles. The van der Waals surface area contributed by atoms with Gasteiger partial charge in [-0.2, -0.15) is 0 Å². The minimum atomic E-state index is 0.0288. The first-order valence-electron chi connectivity index (χ1n) is 8.53. The van der Waals surface area contributed by atoms with E-state index in [0.717, 1.165) is 45.1 Å². The van der Waals surface area contributed by atoms with Crippen molar-refractivity contribution in [2.45, 2.75) is 33.2 Å². The van der Waals surface area contributed by atoms with E-state index in [0.29, 0.717) is 19.7 Å². The molecule has 1 saturated heterocycles. The second-order valence-corrected chi connectivity index (χ2v) is 7.44. The standard InChI is InChI=1S/C18H24N4O2S/c1-5-22(8-11(2)3)18(23)15-12(4)14-16(19-10-20-17(14)25-15)21-13-6-7-24-9-13/h10,13H,2,5-9H2,1,3-4H3,(H,19,20,21). The zero-order valence-corrected chi connectivity index (χ0v) is 15.8. The number of thiophene rings is 1. The number of ether oxygens (including phenoxy) is 1. The fourth-order valence-electron chi connectivity index (χ4n) is 3.02. The van der Waals surface area contributed by atoms with E-state index in [2.05, 4.69) is 21.9 Å². The van der Waals surface area contributed by atoms with Gasteiger partial charge in [-0.1, -0.05) is 12.2 Å². The maximum Gasteiger partial charge on any atom is 0.264 e. The van der Waals surface area contributed by atoms with Crippen LogP contribution >= 0.6 is 11.3 Å². The summed E-state index contributed by atoms with van der Waals surface area (Å²) in [5, 5.41) is 4.38. The van der Waals surface area contributed by atoms with E-state index in [1.165, 1.54) is 11.3 Å². The van der Waals surface area contributed by atoms with Gasteiger partial charge in [0.1, 0.15) is 17.0 Å². The molecule has 0 aliphatic carbocycles. The second-order valence-electron chi connectivity index (χ2n) is 6.44. The molecule has 0 saturated carbocycles. The molecule has 1 aliphatic rings. The molecule has 7 heteroatoms. The first-order chi connectivity index (χ1) is 12.0. The van der Waals surface area contributed by atoms with Gasteiger partial charge in [0.15, 0.2) is 0 Å². The number of carbonyl (C=O) groups excluding carboxylic acids is 1. The topological polar surface area (TPSA) is 67.4 Å². The van der Waals surface area contributed by atoms with Crippen molar-refractivity contribution >= 4 is 33.3 Å². The molecule has 1 N–H and O–H groups in total. The summed E-state index contributed by atoms with van der Waals surface area (Å²) in [4.78, 5) is 25.1. The molecular formula is C18H24N4O2S. The third-order valence-corrected chi connectivity index (χ3v) is 5.51. The predicted octanol–water partition coefficient (Wildman–Crippen LogP) is 3.24. The summed E-state index contributed by atoms with van der Waals surface area (Å²) in [5.41, 5.74) is 1.91. The van der Waals surface area contributed by atoms with Gasteiger partial charge in [-0.25, -0.2) is 9.97 Å². The van der Waals surface area contributed by atoms with Gasteiger partial charge < -0.3 is 15.0 Å². The van der Waals surface area contributed by atoms with E-state index in [9.17, 15) is 4.79 Å². The third-order valence-electron chi connectivity index (χ3n) is 4.32. The highest BCUT2D eigenvalue weighted by Crippen LogP contribution is 2.34. The van der Waals surface area contributed by atoms with Gasteiger partial charge in [0, 0.05) is 19.7 Å². The molecule has 1 unspecified atom stereocenters. The number of nitrogens with one attached hydrogen (secondary N) is 1. The number of aromatic nitrogens is 2. The van der Waals surface area contributed by atoms with E-state index in [1.54, 1.807) is 6.33 Å². The van der Waals surface area contributed by atoms with Crippen LogP contribution < -0.4 is 5.32 Å². The predicted molar refractivity (Wildman–Crippen MR) is 101 cm³/mol. The van der Waals surface area contributed by atoms with Gasteiger partial charge in [0.25, 0.3) is 5.91 Å². The van der Waals surface area contributed by atoms with Crippen molar-refractivity contribution in [3.8, 4) is 0 Å². The Morgan fingerprint density at radius 2 is 2.32 bits per heavy atom. The summed E-state index contributed by atoms with van der Waals surface area (Å²) in [6, 6.07) is 0.257. The van der Waals surface area contributed by atoms with E-state index in [4.69, 9.17) is 4.74 Å². The smallest absolute Gasteiger partial charge is 0.264 e. The number of rotatable bonds is 6. The van der Waals surface area contributed by atoms with Crippen molar-refractivity contribution in [3.05, 3.63) is 28.9 Å². The molecule has 0 radical (unpaired) electrons. The van der Waals surface area contributed by atoms with Crippen molar-refractivity contribution in [2.24, 2.45) is 0 Å². The van der Waals surface area contributed by atoms with E-state index in [1.807, 2.05) is 25.7 Å². The average Bonchev–Trinajstić information content (AvgIpc) is 3.20. The van der Waals surface area contributed by atoms with Crippen molar-refractivity contribution in [1.82, 2.24) is 14.9 Å². The summed E-state index contributed by atoms with van der Waals surface area (Å²) in [5.74, 6) is 0.817. The maximum absolute atomic E-state index is 13.0. The Morgan fingerprint density at radius 3 is 2.96 bits per heavy atom. The normalized spacial score (nSPS) is 17.0. The van der Waals surface area contributed by atoms with Gasteiger partial charge in [-0.3, -0.25) is 4.79 Å². The zero-order chi connectivity index (χ0) is 18.0. The fourth-order valence-corrected chi connectivity index (χ4v) is 4.14. The van der Waals surface area contributed by atoms with Crippen LogP contribution in [0.5, 0.6) is 0 Å². The van der Waals surface area contributed by atoms with Crippen molar-refractivity contribution < 1.29 is 9.53 Å². The van der Waals surface area contributed by atoms with E-state index < -0.39 is 0 Å². The molecule has 1 fully saturated rings. The summed E-state index contributed by atoms with van der Waals surface area (Å²) in [7, 11) is 0. The number of anilines is 1. The molecule has 6 nitrogen and oxygen atoms in total. The largest absolute Gasteiger partial charge is 0.379 e. The van der Waals surface area contributed by atoms with Gasteiger partial charge in [0.2, 0.25) is 0 Å². The fraction of sp³-hybridized carbons (Fsp3) is 0.500. The zero-order valence-electron chi connectivity index (χ0n) is 15.0. The van der Waals surface area contributed by atoms with Crippen molar-refractivity contribution in [2.75, 3.05) is 31.6 Å². The highest BCUT2D eigenvalue weighted by Gasteiger charge is 2.24. The first kappa shape index (κ1) is 17.8. The molecule has 3 rings (SSSR count). The number of hydrogen-bond donors (Lipinski definition) is 1. The summed E-state index contributed by atoms with van der Waals surface area (Å²) < 4.78 is 5.43. The van der Waals surface area contributed by atoms with Crippen LogP contribution in [0, 0.1) is 6.92 Å². The minimum Gasteiger partial charge on any atom is -0.379 e. The number of nitrogens with zero attached hydrogens (tertiary/aromatic N) is 3. The Hall–Kier alpha value is -1.99. The molecule has 0 spiro atoms. The average molecular weight is 360 g/mol. The monoisotopic (exact) mass is 360 g/mol. The molecule has 0 bridgehead atoms. The molecule has 25 heavy (non-hydrogen) atoms. The van der Waals surface area contributed by atoms with Crippen LogP contribution in [0.15, 0.2) is 18.5 Å². The Morgan fingerprint density at radius 1 is 1.52 bits per heavy atom. The van der Waals surface area contributed by atoms with Crippen molar-refractivity contribution in [1.29, 1.82) is 0 Å². The summed E-state index contributed by atoms with van der Waals surface area (Å²) in [6.07, 6.45) is 2.51. The molecule has 134 valence electrons. The van der Waals surface area contributed by atoms with Crippen LogP contribution in [0.25, 0.3) is 10.2 Å². The lowest BCUT2D eigenvalue weighted by Gasteiger charge is -2.20. The van der Waals surface area contributed by atoms with Crippen LogP contribution in [0.1, 0.15) is 35.5 Å². The van der Waals surface area contributed by atoms with Crippen LogP contribution in [-0.2, 0) is 4.74 Å². The quantitative estimate of drug-likeness (QED) is 0.801. The van der Waals surface area contributed by atoms with Gasteiger partial charge in [-0.05, 0) is 32.8 Å². The lowest BCUT2D eigenvalue weighted by molar-refractivity contribution is 0.0782. The van der Waals surface area contributed by atoms with Crippen molar-refractivity contribution in [3.63, 3.8) is 0 Å². The summed E-state index contributed by atoms with van der Waals surface area (Å²) >= 11 is 1.43. The molecule has 1 atom stereocenters. The SMILES string of the molecule is C=C(C)CN(CC)C(=O)c1sc2ncnc(NC3CCOC3)c2c1C. The number of fused-ring (bicyclic) bond motifs is 1. The van der Waals surface area contributed by atoms with E-state index in [-0.39, 0.29) is 11.9 Å². The van der Waals surface area contributed by atoms with Gasteiger partial charge in [-0.15, -0.1) is 11.3 Å². The molecule has 2 aromatic rings. The lowest BCUT2D eigenvalue weighted by Crippen LogP contribution is -2.32. The molecular weight excluding hydrogens is 336 g/mol. The number of likely N-dealkylation sites (N-methyl/N-ethyl adjacent to an activating group) is 1. The van der Waals surface area contributed by atoms with Crippen LogP contribution in [0.2, 0.25) is 0 Å². The first-order valence-corrected chi connectivity index (χ1v) is 9.35. The van der Waals surface area contributed by atoms with Gasteiger partial charge in [0.05, 0.1) is 22.9 Å². The molecule has 3 heterocycles. The number of aryl methyl sites for hydroxylation is 1. The Kier molecular flexibility index (Phi) is 5.34. The maximum atomic E-state index is 13.0. The Bertz CT molecular complexity index is 796. The number of amides is 1. The number of hydrogen-bond acceptors (Lipinski definition) is 6. The second kappa shape index (κ2) is 7.49. The number of carbonyl (C=O) groups is 1. The van der Waals surface area contributed by atoms with Gasteiger partial charge >= 0.3 is 0 Å². The van der Waals surface area contributed by atoms with Crippen LogP contribution in [0.4, 0.5) is 5.82 Å². The van der Waals surface area contributed by atoms with Crippen LogP contribution in [0.3, 0.4) is 0 Å². The third kappa shape index (κ3) is 3.67. The Labute approximate surface area is 151 Å². The van der Waals surface area contributed by atoms with Crippen LogP contribution in [-0.4, -0.2) is 53.1 Å². The highest BCUT2D eigenvalue weighted by atomic mass is 32.1. The minimum absolute atomic E-state index is 0.0288. The van der Waals surface area contributed by atoms with E-state index >= 15 is 0 Å². The molecule has 1 amide bonds. The lowest BCUT2D eigenvalue weighted by atomic mass is 10.1. The summed E-state index contributed by atoms with van der Waals surface area (Å²) in [6.45, 7) is 12.5. The Balaban J connectivity index is 1.96. The molecule has 1 aliphatic heterocycles. The molecule has 2 aromatic heterocycles. The highest BCUT2D eigenvalue weighted by molar-refractivity contribution is 7.20.